The third-order valence-electron chi connectivity index (χ3n) is 3.37. The van der Waals surface area contributed by atoms with E-state index in [1.54, 1.807) is 10.9 Å². The molecule has 7 nitrogen and oxygen atoms in total. The van der Waals surface area contributed by atoms with Crippen LogP contribution in [0.4, 0.5) is 0 Å². The van der Waals surface area contributed by atoms with E-state index in [-0.39, 0.29) is 16.9 Å². The third kappa shape index (κ3) is 2.13. The lowest BCUT2D eigenvalue weighted by Gasteiger charge is -2.08. The number of H-pyrrole nitrogens is 1. The van der Waals surface area contributed by atoms with Crippen molar-refractivity contribution < 1.29 is 0 Å². The first kappa shape index (κ1) is 13.8. The number of rotatable bonds is 2. The van der Waals surface area contributed by atoms with E-state index in [4.69, 9.17) is 11.6 Å². The number of nitrogens with one attached hydrogen (secondary N) is 1. The summed E-state index contributed by atoms with van der Waals surface area (Å²) in [5, 5.41) is 9.30. The molecule has 0 aliphatic carbocycles. The first-order valence-corrected chi connectivity index (χ1v) is 6.97. The highest BCUT2D eigenvalue weighted by Gasteiger charge is 2.17. The number of aryl methyl sites for hydroxylation is 1. The van der Waals surface area contributed by atoms with Gasteiger partial charge in [0, 0.05) is 12.2 Å². The van der Waals surface area contributed by atoms with E-state index >= 15 is 0 Å². The van der Waals surface area contributed by atoms with Gasteiger partial charge in [-0.15, -0.1) is 5.10 Å². The second kappa shape index (κ2) is 4.70. The van der Waals surface area contributed by atoms with E-state index in [0.29, 0.717) is 11.0 Å². The zero-order valence-corrected chi connectivity index (χ0v) is 12.9. The molecular formula is C13H15ClN6O. The average molecular weight is 307 g/mol. The normalized spacial score (nSPS) is 11.7. The predicted octanol–water partition coefficient (Wildman–Crippen LogP) is 2.16. The Labute approximate surface area is 125 Å². The van der Waals surface area contributed by atoms with Gasteiger partial charge in [0.1, 0.15) is 11.1 Å². The van der Waals surface area contributed by atoms with Gasteiger partial charge in [-0.2, -0.15) is 10.1 Å². The molecule has 0 unspecified atom stereocenters. The van der Waals surface area contributed by atoms with Crippen LogP contribution in [0.15, 0.2) is 11.0 Å². The Morgan fingerprint density at radius 3 is 2.62 bits per heavy atom. The topological polar surface area (TPSA) is 81.4 Å². The van der Waals surface area contributed by atoms with Crippen LogP contribution in [0.3, 0.4) is 0 Å². The van der Waals surface area contributed by atoms with Gasteiger partial charge in [-0.05, 0) is 39.3 Å². The quantitative estimate of drug-likeness (QED) is 0.736. The van der Waals surface area contributed by atoms with Crippen LogP contribution in [0, 0.1) is 13.8 Å². The SMILES string of the molecule is Cc1nn(C(C)C)c(C)c1-n1cc2c(=O)[nH]c(Cl)nc2n1. The van der Waals surface area contributed by atoms with Crippen molar-refractivity contribution in [3.8, 4) is 5.69 Å². The summed E-state index contributed by atoms with van der Waals surface area (Å²) < 4.78 is 3.57. The van der Waals surface area contributed by atoms with Crippen molar-refractivity contribution in [3.05, 3.63) is 33.2 Å². The second-order valence-electron chi connectivity index (χ2n) is 5.23. The highest BCUT2D eigenvalue weighted by molar-refractivity contribution is 6.28. The zero-order valence-electron chi connectivity index (χ0n) is 12.2. The van der Waals surface area contributed by atoms with Crippen molar-refractivity contribution >= 4 is 22.6 Å². The number of hydrogen-bond donors (Lipinski definition) is 1. The highest BCUT2D eigenvalue weighted by Crippen LogP contribution is 2.22. The summed E-state index contributed by atoms with van der Waals surface area (Å²) in [6, 6.07) is 0.249. The number of nitrogens with zero attached hydrogens (tertiary/aromatic N) is 5. The number of hydrogen-bond acceptors (Lipinski definition) is 4. The summed E-state index contributed by atoms with van der Waals surface area (Å²) in [6.07, 6.45) is 1.65. The number of aromatic amines is 1. The average Bonchev–Trinajstić information content (AvgIpc) is 2.90. The maximum absolute atomic E-state index is 11.9. The molecule has 0 atom stereocenters. The largest absolute Gasteiger partial charge is 0.296 e. The molecule has 1 N–H and O–H groups in total. The summed E-state index contributed by atoms with van der Waals surface area (Å²) in [4.78, 5) is 18.4. The van der Waals surface area contributed by atoms with Gasteiger partial charge in [0.05, 0.1) is 11.4 Å². The Morgan fingerprint density at radius 2 is 2.00 bits per heavy atom. The van der Waals surface area contributed by atoms with E-state index < -0.39 is 0 Å². The standard InChI is InChI=1S/C13H15ClN6O/c1-6(2)20-8(4)10(7(3)17-20)19-5-9-11(18-19)15-13(14)16-12(9)21/h5-6H,1-4H3,(H,15,16,18,21). The van der Waals surface area contributed by atoms with Gasteiger partial charge in [0.25, 0.3) is 5.56 Å². The summed E-state index contributed by atoms with van der Waals surface area (Å²) in [6.45, 7) is 8.02. The molecule has 3 aromatic heterocycles. The number of halogens is 1. The van der Waals surface area contributed by atoms with Crippen molar-refractivity contribution in [1.82, 2.24) is 29.5 Å². The zero-order chi connectivity index (χ0) is 15.3. The van der Waals surface area contributed by atoms with Gasteiger partial charge in [-0.3, -0.25) is 14.5 Å². The smallest absolute Gasteiger partial charge is 0.262 e. The van der Waals surface area contributed by atoms with Gasteiger partial charge >= 0.3 is 0 Å². The van der Waals surface area contributed by atoms with Crippen molar-refractivity contribution in [3.63, 3.8) is 0 Å². The molecule has 0 fully saturated rings. The number of fused-ring (bicyclic) bond motifs is 1. The highest BCUT2D eigenvalue weighted by atomic mass is 35.5. The molecule has 0 bridgehead atoms. The third-order valence-corrected chi connectivity index (χ3v) is 3.54. The van der Waals surface area contributed by atoms with Crippen molar-refractivity contribution in [1.29, 1.82) is 0 Å². The molecule has 0 aromatic carbocycles. The molecule has 0 radical (unpaired) electrons. The number of aromatic nitrogens is 6. The Balaban J connectivity index is 2.26. The van der Waals surface area contributed by atoms with E-state index in [1.165, 1.54) is 0 Å². The van der Waals surface area contributed by atoms with Crippen LogP contribution >= 0.6 is 11.6 Å². The Kier molecular flexibility index (Phi) is 3.09. The summed E-state index contributed by atoms with van der Waals surface area (Å²) in [7, 11) is 0. The van der Waals surface area contributed by atoms with Gasteiger partial charge in [-0.25, -0.2) is 4.68 Å². The fourth-order valence-electron chi connectivity index (χ4n) is 2.49. The first-order valence-electron chi connectivity index (χ1n) is 6.59. The van der Waals surface area contributed by atoms with Crippen molar-refractivity contribution in [2.45, 2.75) is 33.7 Å². The molecule has 0 saturated heterocycles. The fraction of sp³-hybridized carbons (Fsp3) is 0.385. The molecule has 8 heteroatoms. The van der Waals surface area contributed by atoms with Crippen LogP contribution in [0.1, 0.15) is 31.3 Å². The van der Waals surface area contributed by atoms with Crippen LogP contribution in [-0.2, 0) is 0 Å². The first-order chi connectivity index (χ1) is 9.88. The van der Waals surface area contributed by atoms with Crippen LogP contribution in [0.2, 0.25) is 5.28 Å². The summed E-state index contributed by atoms with van der Waals surface area (Å²) in [5.41, 5.74) is 2.70. The van der Waals surface area contributed by atoms with E-state index in [0.717, 1.165) is 17.1 Å². The van der Waals surface area contributed by atoms with Crippen LogP contribution < -0.4 is 5.56 Å². The minimum Gasteiger partial charge on any atom is -0.296 e. The molecule has 3 aromatic rings. The molecule has 0 aliphatic rings. The lowest BCUT2D eigenvalue weighted by molar-refractivity contribution is 0.516. The minimum atomic E-state index is -0.303. The van der Waals surface area contributed by atoms with Crippen LogP contribution in [-0.4, -0.2) is 29.5 Å². The summed E-state index contributed by atoms with van der Waals surface area (Å²) >= 11 is 5.76. The molecular weight excluding hydrogens is 292 g/mol. The maximum Gasteiger partial charge on any atom is 0.262 e. The van der Waals surface area contributed by atoms with E-state index in [1.807, 2.05) is 18.5 Å². The Bertz CT molecular complexity index is 888. The molecule has 110 valence electrons. The molecule has 0 saturated carbocycles. The van der Waals surface area contributed by atoms with Crippen LogP contribution in [0.5, 0.6) is 0 Å². The van der Waals surface area contributed by atoms with Crippen molar-refractivity contribution in [2.75, 3.05) is 0 Å². The Morgan fingerprint density at radius 1 is 1.29 bits per heavy atom. The fourth-order valence-corrected chi connectivity index (χ4v) is 2.66. The lowest BCUT2D eigenvalue weighted by atomic mass is 10.3. The van der Waals surface area contributed by atoms with Gasteiger partial charge in [0.15, 0.2) is 5.65 Å². The van der Waals surface area contributed by atoms with Gasteiger partial charge in [-0.1, -0.05) is 0 Å². The molecule has 0 spiro atoms. The molecule has 21 heavy (non-hydrogen) atoms. The van der Waals surface area contributed by atoms with Gasteiger partial charge < -0.3 is 0 Å². The molecule has 3 heterocycles. The maximum atomic E-state index is 11.9. The monoisotopic (exact) mass is 306 g/mol. The Hall–Kier alpha value is -2.15. The predicted molar refractivity (Wildman–Crippen MR) is 80.1 cm³/mol. The van der Waals surface area contributed by atoms with E-state index in [2.05, 4.69) is 34.0 Å². The van der Waals surface area contributed by atoms with Crippen molar-refractivity contribution in [2.24, 2.45) is 0 Å². The summed E-state index contributed by atoms with van der Waals surface area (Å²) in [5.74, 6) is 0. The lowest BCUT2D eigenvalue weighted by Crippen LogP contribution is -2.06. The molecule has 3 rings (SSSR count). The van der Waals surface area contributed by atoms with E-state index in [9.17, 15) is 4.79 Å². The minimum absolute atomic E-state index is 0.0315. The molecule has 0 amide bonds. The molecule has 0 aliphatic heterocycles. The second-order valence-corrected chi connectivity index (χ2v) is 5.58. The van der Waals surface area contributed by atoms with Gasteiger partial charge in [0.2, 0.25) is 5.28 Å². The van der Waals surface area contributed by atoms with Crippen LogP contribution in [0.25, 0.3) is 16.7 Å².